The number of nitrogens with one attached hydrogen (secondary N) is 1. The predicted molar refractivity (Wildman–Crippen MR) is 88.6 cm³/mol. The molecule has 0 aliphatic heterocycles. The van der Waals surface area contributed by atoms with E-state index in [1.807, 2.05) is 0 Å². The highest BCUT2D eigenvalue weighted by molar-refractivity contribution is 6.42. The van der Waals surface area contributed by atoms with Crippen molar-refractivity contribution < 1.29 is 14.0 Å². The highest BCUT2D eigenvalue weighted by Crippen LogP contribution is 2.23. The Bertz CT molecular complexity index is 721. The average molecular weight is 355 g/mol. The summed E-state index contributed by atoms with van der Waals surface area (Å²) in [7, 11) is 0. The van der Waals surface area contributed by atoms with Gasteiger partial charge < -0.3 is 4.42 Å². The number of furan rings is 1. The third kappa shape index (κ3) is 4.06. The molecule has 122 valence electrons. The summed E-state index contributed by atoms with van der Waals surface area (Å²) in [4.78, 5) is 25.0. The Morgan fingerprint density at radius 3 is 2.30 bits per heavy atom. The van der Waals surface area contributed by atoms with Crippen molar-refractivity contribution in [3.8, 4) is 0 Å². The van der Waals surface area contributed by atoms with E-state index >= 15 is 0 Å². The van der Waals surface area contributed by atoms with Crippen molar-refractivity contribution in [1.82, 2.24) is 10.4 Å². The average Bonchev–Trinajstić information content (AvgIpc) is 2.99. The maximum Gasteiger partial charge on any atom is 0.276 e. The number of rotatable bonds is 2. The molecule has 0 unspecified atom stereocenters. The number of hydrogen-bond acceptors (Lipinski definition) is 3. The van der Waals surface area contributed by atoms with Crippen molar-refractivity contribution in [2.24, 2.45) is 0 Å². The molecule has 1 N–H and O–H groups in total. The SMILES string of the molecule is CC(C)(C)N(NC(=O)c1ccc(Cl)c(Cl)c1)C(=O)c1ccoc1. The summed E-state index contributed by atoms with van der Waals surface area (Å²) in [6.45, 7) is 5.42. The van der Waals surface area contributed by atoms with Crippen LogP contribution in [0.25, 0.3) is 0 Å². The Morgan fingerprint density at radius 2 is 1.78 bits per heavy atom. The van der Waals surface area contributed by atoms with Crippen LogP contribution in [0.4, 0.5) is 0 Å². The largest absolute Gasteiger partial charge is 0.472 e. The molecule has 1 heterocycles. The lowest BCUT2D eigenvalue weighted by Crippen LogP contribution is -2.55. The second kappa shape index (κ2) is 6.64. The summed E-state index contributed by atoms with van der Waals surface area (Å²) in [5.74, 6) is -0.838. The van der Waals surface area contributed by atoms with E-state index in [-0.39, 0.29) is 10.9 Å². The molecule has 0 atom stereocenters. The Labute approximate surface area is 144 Å². The maximum absolute atomic E-state index is 12.5. The molecular weight excluding hydrogens is 339 g/mol. The van der Waals surface area contributed by atoms with Gasteiger partial charge in [-0.25, -0.2) is 5.01 Å². The fourth-order valence-corrected chi connectivity index (χ4v) is 2.14. The third-order valence-corrected chi connectivity index (χ3v) is 3.78. The molecule has 0 spiro atoms. The van der Waals surface area contributed by atoms with E-state index in [1.165, 1.54) is 41.8 Å². The van der Waals surface area contributed by atoms with Gasteiger partial charge in [0.25, 0.3) is 11.8 Å². The zero-order chi connectivity index (χ0) is 17.2. The number of halogens is 2. The van der Waals surface area contributed by atoms with E-state index in [0.29, 0.717) is 16.1 Å². The zero-order valence-corrected chi connectivity index (χ0v) is 14.4. The normalized spacial score (nSPS) is 11.2. The van der Waals surface area contributed by atoms with Gasteiger partial charge in [-0.1, -0.05) is 23.2 Å². The first kappa shape index (κ1) is 17.4. The molecule has 2 aromatic rings. The molecule has 5 nitrogen and oxygen atoms in total. The number of nitrogens with zero attached hydrogens (tertiary/aromatic N) is 1. The minimum Gasteiger partial charge on any atom is -0.472 e. The first-order valence-electron chi connectivity index (χ1n) is 6.83. The smallest absolute Gasteiger partial charge is 0.276 e. The van der Waals surface area contributed by atoms with Crippen molar-refractivity contribution >= 4 is 35.0 Å². The third-order valence-electron chi connectivity index (χ3n) is 3.04. The van der Waals surface area contributed by atoms with Crippen LogP contribution >= 0.6 is 23.2 Å². The van der Waals surface area contributed by atoms with Gasteiger partial charge in [0.05, 0.1) is 27.4 Å². The van der Waals surface area contributed by atoms with E-state index in [2.05, 4.69) is 5.43 Å². The van der Waals surface area contributed by atoms with Gasteiger partial charge in [-0.3, -0.25) is 15.0 Å². The fraction of sp³-hybridized carbons (Fsp3) is 0.250. The van der Waals surface area contributed by atoms with Crippen molar-refractivity contribution in [2.45, 2.75) is 26.3 Å². The number of carbonyl (C=O) groups excluding carboxylic acids is 2. The van der Waals surface area contributed by atoms with Crippen molar-refractivity contribution in [1.29, 1.82) is 0 Å². The van der Waals surface area contributed by atoms with E-state index < -0.39 is 11.4 Å². The molecule has 0 bridgehead atoms. The Hall–Kier alpha value is -1.98. The van der Waals surface area contributed by atoms with Gasteiger partial charge in [0.2, 0.25) is 0 Å². The highest BCUT2D eigenvalue weighted by atomic mass is 35.5. The van der Waals surface area contributed by atoms with Crippen LogP contribution in [0.3, 0.4) is 0 Å². The molecule has 0 aliphatic carbocycles. The summed E-state index contributed by atoms with van der Waals surface area (Å²) >= 11 is 11.8. The molecule has 0 radical (unpaired) electrons. The standard InChI is InChI=1S/C16H16Cl2N2O3/c1-16(2,3)20(15(22)11-6-7-23-9-11)19-14(21)10-4-5-12(17)13(18)8-10/h4-9H,1-3H3,(H,19,21). The van der Waals surface area contributed by atoms with Gasteiger partial charge >= 0.3 is 0 Å². The number of carbonyl (C=O) groups is 2. The summed E-state index contributed by atoms with van der Waals surface area (Å²) in [6, 6.07) is 6.04. The van der Waals surface area contributed by atoms with E-state index in [1.54, 1.807) is 20.8 Å². The summed E-state index contributed by atoms with van der Waals surface area (Å²) in [5.41, 5.74) is 2.61. The number of hydrazine groups is 1. The monoisotopic (exact) mass is 354 g/mol. The lowest BCUT2D eigenvalue weighted by atomic mass is 10.1. The minimum absolute atomic E-state index is 0.266. The predicted octanol–water partition coefficient (Wildman–Crippen LogP) is 4.17. The van der Waals surface area contributed by atoms with Gasteiger partial charge in [0, 0.05) is 5.56 Å². The molecular formula is C16H16Cl2N2O3. The highest BCUT2D eigenvalue weighted by Gasteiger charge is 2.30. The Morgan fingerprint density at radius 1 is 1.09 bits per heavy atom. The minimum atomic E-state index is -0.639. The Kier molecular flexibility index (Phi) is 5.02. The first-order valence-corrected chi connectivity index (χ1v) is 7.58. The second-order valence-electron chi connectivity index (χ2n) is 5.89. The van der Waals surface area contributed by atoms with Gasteiger partial charge in [-0.2, -0.15) is 0 Å². The molecule has 7 heteroatoms. The number of amides is 2. The molecule has 0 saturated carbocycles. The quantitative estimate of drug-likeness (QED) is 0.823. The number of benzene rings is 1. The van der Waals surface area contributed by atoms with Gasteiger partial charge in [0.1, 0.15) is 6.26 Å². The van der Waals surface area contributed by atoms with Crippen molar-refractivity contribution in [3.63, 3.8) is 0 Å². The van der Waals surface area contributed by atoms with Crippen LogP contribution in [-0.4, -0.2) is 22.4 Å². The Balaban J connectivity index is 2.26. The lowest BCUT2D eigenvalue weighted by molar-refractivity contribution is 0.0358. The lowest BCUT2D eigenvalue weighted by Gasteiger charge is -2.35. The molecule has 2 rings (SSSR count). The summed E-state index contributed by atoms with van der Waals surface area (Å²) < 4.78 is 4.92. The first-order chi connectivity index (χ1) is 10.7. The topological polar surface area (TPSA) is 62.6 Å². The molecule has 1 aromatic carbocycles. The summed E-state index contributed by atoms with van der Waals surface area (Å²) in [6.07, 6.45) is 2.72. The van der Waals surface area contributed by atoms with Crippen LogP contribution in [0.5, 0.6) is 0 Å². The van der Waals surface area contributed by atoms with E-state index in [9.17, 15) is 9.59 Å². The van der Waals surface area contributed by atoms with Crippen molar-refractivity contribution in [2.75, 3.05) is 0 Å². The zero-order valence-electron chi connectivity index (χ0n) is 12.9. The molecule has 23 heavy (non-hydrogen) atoms. The van der Waals surface area contributed by atoms with Gasteiger partial charge in [0.15, 0.2) is 0 Å². The molecule has 2 amide bonds. The molecule has 0 aliphatic rings. The van der Waals surface area contributed by atoms with Gasteiger partial charge in [-0.15, -0.1) is 0 Å². The fourth-order valence-electron chi connectivity index (χ4n) is 1.84. The maximum atomic E-state index is 12.5. The second-order valence-corrected chi connectivity index (χ2v) is 6.71. The number of hydrogen-bond donors (Lipinski definition) is 1. The van der Waals surface area contributed by atoms with Crippen LogP contribution in [0, 0.1) is 0 Å². The van der Waals surface area contributed by atoms with Crippen LogP contribution in [0.15, 0.2) is 41.2 Å². The van der Waals surface area contributed by atoms with Crippen LogP contribution in [0.1, 0.15) is 41.5 Å². The molecule has 0 fully saturated rings. The van der Waals surface area contributed by atoms with Crippen LogP contribution < -0.4 is 5.43 Å². The molecule has 1 aromatic heterocycles. The summed E-state index contributed by atoms with van der Waals surface area (Å²) in [5, 5.41) is 1.87. The van der Waals surface area contributed by atoms with Crippen LogP contribution in [0.2, 0.25) is 10.0 Å². The van der Waals surface area contributed by atoms with E-state index in [0.717, 1.165) is 0 Å². The van der Waals surface area contributed by atoms with Crippen LogP contribution in [-0.2, 0) is 0 Å². The van der Waals surface area contributed by atoms with E-state index in [4.69, 9.17) is 27.6 Å². The van der Waals surface area contributed by atoms with Crippen molar-refractivity contribution in [3.05, 3.63) is 58.0 Å². The molecule has 0 saturated heterocycles. The van der Waals surface area contributed by atoms with Gasteiger partial charge in [-0.05, 0) is 45.0 Å².